The fourth-order valence-corrected chi connectivity index (χ4v) is 3.57. The standard InChI is InChI=1S/C16H15ClFNO6.C4H4S/c1-25-13-7-12(11(18)6-10(13)17)19(16(23)24)14(20)8-4-2-3-5-9(8)15(21)22;1-2-4-5-3-1/h6-7H,2-5H2,1H3,(H,21,22)(H,23,24);1-4H. The summed E-state index contributed by atoms with van der Waals surface area (Å²) in [5.74, 6) is -3.45. The number of carbonyl (C=O) groups excluding carboxylic acids is 1. The number of halogens is 2. The molecule has 0 saturated heterocycles. The topological polar surface area (TPSA) is 104 Å². The highest BCUT2D eigenvalue weighted by Gasteiger charge is 2.33. The Balaban J connectivity index is 0.000000558. The first kappa shape index (κ1) is 23.4. The number of hydrogen-bond acceptors (Lipinski definition) is 5. The summed E-state index contributed by atoms with van der Waals surface area (Å²) in [4.78, 5) is 35.8. The first-order valence-corrected chi connectivity index (χ1v) is 10.1. The van der Waals surface area contributed by atoms with Crippen LogP contribution in [0.5, 0.6) is 5.75 Å². The lowest BCUT2D eigenvalue weighted by Gasteiger charge is -2.23. The van der Waals surface area contributed by atoms with Crippen LogP contribution in [-0.2, 0) is 9.59 Å². The second-order valence-corrected chi connectivity index (χ2v) is 7.35. The van der Waals surface area contributed by atoms with Crippen molar-refractivity contribution in [2.45, 2.75) is 25.7 Å². The lowest BCUT2D eigenvalue weighted by atomic mass is 9.90. The van der Waals surface area contributed by atoms with Gasteiger partial charge in [0, 0.05) is 17.2 Å². The first-order valence-electron chi connectivity index (χ1n) is 8.80. The van der Waals surface area contributed by atoms with Crippen molar-refractivity contribution < 1.29 is 33.7 Å². The molecule has 1 aromatic carbocycles. The first-order chi connectivity index (χ1) is 14.3. The molecule has 2 amide bonds. The number of ether oxygens (including phenoxy) is 1. The molecule has 2 N–H and O–H groups in total. The maximum atomic E-state index is 14.2. The molecule has 1 aliphatic carbocycles. The Morgan fingerprint density at radius 3 is 2.17 bits per heavy atom. The third-order valence-corrected chi connectivity index (χ3v) is 5.19. The van der Waals surface area contributed by atoms with E-state index in [1.807, 2.05) is 22.9 Å². The molecule has 30 heavy (non-hydrogen) atoms. The lowest BCUT2D eigenvalue weighted by molar-refractivity contribution is -0.133. The predicted molar refractivity (Wildman–Crippen MR) is 111 cm³/mol. The van der Waals surface area contributed by atoms with E-state index in [1.54, 1.807) is 11.3 Å². The predicted octanol–water partition coefficient (Wildman–Crippen LogP) is 5.20. The Hall–Kier alpha value is -2.91. The zero-order valence-electron chi connectivity index (χ0n) is 15.9. The van der Waals surface area contributed by atoms with Gasteiger partial charge in [-0.25, -0.2) is 18.9 Å². The molecule has 0 spiro atoms. The van der Waals surface area contributed by atoms with Gasteiger partial charge in [-0.3, -0.25) is 4.79 Å². The van der Waals surface area contributed by atoms with Crippen molar-refractivity contribution in [1.29, 1.82) is 0 Å². The number of benzene rings is 1. The van der Waals surface area contributed by atoms with Crippen LogP contribution < -0.4 is 9.64 Å². The third kappa shape index (κ3) is 5.58. The smallest absolute Gasteiger partial charge is 0.419 e. The van der Waals surface area contributed by atoms with E-state index in [1.165, 1.54) is 7.11 Å². The second-order valence-electron chi connectivity index (χ2n) is 6.12. The molecule has 7 nitrogen and oxygen atoms in total. The molecule has 3 rings (SSSR count). The normalized spacial score (nSPS) is 13.2. The van der Waals surface area contributed by atoms with Crippen LogP contribution in [0.4, 0.5) is 14.9 Å². The van der Waals surface area contributed by atoms with Crippen molar-refractivity contribution >= 4 is 46.6 Å². The van der Waals surface area contributed by atoms with E-state index in [4.69, 9.17) is 16.3 Å². The van der Waals surface area contributed by atoms with Gasteiger partial charge in [-0.2, -0.15) is 11.3 Å². The molecule has 1 aromatic heterocycles. The Kier molecular flexibility index (Phi) is 8.37. The van der Waals surface area contributed by atoms with Gasteiger partial charge in [0.15, 0.2) is 0 Å². The summed E-state index contributed by atoms with van der Waals surface area (Å²) in [5.41, 5.74) is -0.875. The minimum absolute atomic E-state index is 0.0202. The van der Waals surface area contributed by atoms with Crippen molar-refractivity contribution in [3.63, 3.8) is 0 Å². The van der Waals surface area contributed by atoms with Gasteiger partial charge in [-0.15, -0.1) is 0 Å². The number of hydrogen-bond donors (Lipinski definition) is 2. The number of nitrogens with zero attached hydrogens (tertiary/aromatic N) is 1. The van der Waals surface area contributed by atoms with Gasteiger partial charge in [0.2, 0.25) is 0 Å². The van der Waals surface area contributed by atoms with Crippen LogP contribution in [-0.4, -0.2) is 35.3 Å². The summed E-state index contributed by atoms with van der Waals surface area (Å²) in [5, 5.41) is 22.6. The zero-order chi connectivity index (χ0) is 22.3. The second kappa shape index (κ2) is 10.7. The number of methoxy groups -OCH3 is 1. The number of anilines is 1. The number of carbonyl (C=O) groups is 3. The number of carboxylic acids is 1. The fourth-order valence-electron chi connectivity index (χ4n) is 2.88. The number of amides is 2. The third-order valence-electron chi connectivity index (χ3n) is 4.27. The summed E-state index contributed by atoms with van der Waals surface area (Å²) in [7, 11) is 1.25. The number of imide groups is 1. The molecule has 160 valence electrons. The van der Waals surface area contributed by atoms with Gasteiger partial charge in [0.05, 0.1) is 17.8 Å². The van der Waals surface area contributed by atoms with Crippen molar-refractivity contribution in [2.75, 3.05) is 12.0 Å². The van der Waals surface area contributed by atoms with Crippen LogP contribution in [0.3, 0.4) is 0 Å². The number of aliphatic carboxylic acids is 1. The Morgan fingerprint density at radius 1 is 1.10 bits per heavy atom. The highest BCUT2D eigenvalue weighted by Crippen LogP contribution is 2.34. The monoisotopic (exact) mass is 455 g/mol. The molecule has 0 unspecified atom stereocenters. The molecule has 2 aromatic rings. The Morgan fingerprint density at radius 2 is 1.70 bits per heavy atom. The van der Waals surface area contributed by atoms with E-state index in [9.17, 15) is 29.0 Å². The average Bonchev–Trinajstić information content (AvgIpc) is 3.29. The Labute approximate surface area is 181 Å². The molecule has 0 bridgehead atoms. The number of thiophene rings is 1. The molecule has 10 heteroatoms. The highest BCUT2D eigenvalue weighted by atomic mass is 35.5. The van der Waals surface area contributed by atoms with Crippen LogP contribution in [0.1, 0.15) is 25.7 Å². The quantitative estimate of drug-likeness (QED) is 0.656. The zero-order valence-corrected chi connectivity index (χ0v) is 17.5. The van der Waals surface area contributed by atoms with E-state index in [2.05, 4.69) is 0 Å². The maximum Gasteiger partial charge on any atom is 0.419 e. The molecule has 1 aliphatic rings. The van der Waals surface area contributed by atoms with E-state index in [-0.39, 0.29) is 39.7 Å². The van der Waals surface area contributed by atoms with Gasteiger partial charge in [-0.05, 0) is 42.5 Å². The largest absolute Gasteiger partial charge is 0.495 e. The molecule has 1 heterocycles. The number of carboxylic acid groups (broad SMARTS) is 2. The van der Waals surface area contributed by atoms with Gasteiger partial charge < -0.3 is 14.9 Å². The van der Waals surface area contributed by atoms with Crippen molar-refractivity contribution in [3.05, 3.63) is 57.0 Å². The summed E-state index contributed by atoms with van der Waals surface area (Å²) < 4.78 is 19.2. The average molecular weight is 456 g/mol. The van der Waals surface area contributed by atoms with Gasteiger partial charge in [0.25, 0.3) is 5.91 Å². The molecule has 0 atom stereocenters. The van der Waals surface area contributed by atoms with E-state index < -0.39 is 29.5 Å². The van der Waals surface area contributed by atoms with Gasteiger partial charge >= 0.3 is 12.1 Å². The SMILES string of the molecule is COc1cc(N(C(=O)O)C(=O)C2=C(C(=O)O)CCCC2)c(F)cc1Cl.c1ccsc1. The van der Waals surface area contributed by atoms with E-state index in [0.717, 1.165) is 12.1 Å². The fraction of sp³-hybridized carbons (Fsp3) is 0.250. The van der Waals surface area contributed by atoms with Gasteiger partial charge in [0.1, 0.15) is 11.6 Å². The Bertz CT molecular complexity index is 943. The van der Waals surface area contributed by atoms with Crippen molar-refractivity contribution in [1.82, 2.24) is 0 Å². The van der Waals surface area contributed by atoms with Crippen LogP contribution in [0.25, 0.3) is 0 Å². The molecule has 0 fully saturated rings. The molecule has 0 saturated carbocycles. The molecule has 0 aliphatic heterocycles. The summed E-state index contributed by atoms with van der Waals surface area (Å²) in [6, 6.07) is 5.84. The van der Waals surface area contributed by atoms with Crippen LogP contribution in [0.2, 0.25) is 5.02 Å². The maximum absolute atomic E-state index is 14.2. The van der Waals surface area contributed by atoms with E-state index >= 15 is 0 Å². The number of rotatable bonds is 4. The van der Waals surface area contributed by atoms with Crippen molar-refractivity contribution in [2.24, 2.45) is 0 Å². The molecule has 0 radical (unpaired) electrons. The molecular formula is C20H19ClFNO6S. The van der Waals surface area contributed by atoms with Crippen LogP contribution in [0, 0.1) is 5.82 Å². The van der Waals surface area contributed by atoms with Crippen molar-refractivity contribution in [3.8, 4) is 5.75 Å². The summed E-state index contributed by atoms with van der Waals surface area (Å²) >= 11 is 7.49. The van der Waals surface area contributed by atoms with E-state index in [0.29, 0.717) is 12.8 Å². The molecular weight excluding hydrogens is 437 g/mol. The summed E-state index contributed by atoms with van der Waals surface area (Å²) in [6.45, 7) is 0. The minimum atomic E-state index is -1.74. The lowest BCUT2D eigenvalue weighted by Crippen LogP contribution is -2.38. The minimum Gasteiger partial charge on any atom is -0.495 e. The highest BCUT2D eigenvalue weighted by molar-refractivity contribution is 7.07. The summed E-state index contributed by atoms with van der Waals surface area (Å²) in [6.07, 6.45) is -0.366. The van der Waals surface area contributed by atoms with Crippen LogP contribution in [0.15, 0.2) is 46.2 Å². The van der Waals surface area contributed by atoms with Crippen LogP contribution >= 0.6 is 22.9 Å². The van der Waals surface area contributed by atoms with Gasteiger partial charge in [-0.1, -0.05) is 23.7 Å².